The summed E-state index contributed by atoms with van der Waals surface area (Å²) in [4.78, 5) is 20.4. The van der Waals surface area contributed by atoms with Gasteiger partial charge in [-0.05, 0) is 19.9 Å². The van der Waals surface area contributed by atoms with Crippen LogP contribution in [0.3, 0.4) is 0 Å². The van der Waals surface area contributed by atoms with E-state index in [1.807, 2.05) is 17.3 Å². The lowest BCUT2D eigenvalue weighted by atomic mass is 10.4. The topological polar surface area (TPSA) is 36.4 Å². The molecule has 0 unspecified atom stereocenters. The fourth-order valence-corrected chi connectivity index (χ4v) is 3.20. The van der Waals surface area contributed by atoms with Crippen LogP contribution in [0.5, 0.6) is 0 Å². The second-order valence-electron chi connectivity index (χ2n) is 4.94. The summed E-state index contributed by atoms with van der Waals surface area (Å²) in [5.74, 6) is 0.723. The fraction of sp³-hybridized carbons (Fsp3) is 0.692. The van der Waals surface area contributed by atoms with Gasteiger partial charge < -0.3 is 4.90 Å². The Morgan fingerprint density at radius 2 is 2.26 bits per heavy atom. The van der Waals surface area contributed by atoms with Crippen molar-refractivity contribution in [2.45, 2.75) is 25.1 Å². The highest BCUT2D eigenvalue weighted by Gasteiger charge is 2.18. The van der Waals surface area contributed by atoms with Crippen LogP contribution in [-0.2, 0) is 17.1 Å². The third kappa shape index (κ3) is 4.44. The zero-order valence-corrected chi connectivity index (χ0v) is 12.8. The van der Waals surface area contributed by atoms with Crippen LogP contribution in [0.15, 0.2) is 5.38 Å². The van der Waals surface area contributed by atoms with Gasteiger partial charge in [0.25, 0.3) is 0 Å². The van der Waals surface area contributed by atoms with Gasteiger partial charge >= 0.3 is 0 Å². The van der Waals surface area contributed by atoms with Crippen molar-refractivity contribution in [3.63, 3.8) is 0 Å². The number of halogens is 1. The molecule has 0 spiro atoms. The van der Waals surface area contributed by atoms with Gasteiger partial charge in [-0.2, -0.15) is 0 Å². The van der Waals surface area contributed by atoms with E-state index in [2.05, 4.69) is 9.88 Å². The van der Waals surface area contributed by atoms with E-state index in [1.54, 1.807) is 11.3 Å². The molecule has 1 aromatic rings. The van der Waals surface area contributed by atoms with E-state index in [1.165, 1.54) is 0 Å². The molecule has 0 saturated carbocycles. The zero-order valence-electron chi connectivity index (χ0n) is 11.3. The van der Waals surface area contributed by atoms with Gasteiger partial charge in [-0.15, -0.1) is 22.9 Å². The minimum absolute atomic E-state index is 0.251. The highest BCUT2D eigenvalue weighted by molar-refractivity contribution is 7.09. The van der Waals surface area contributed by atoms with Gasteiger partial charge in [-0.3, -0.25) is 9.69 Å². The molecule has 1 amide bonds. The van der Waals surface area contributed by atoms with Crippen molar-refractivity contribution in [1.29, 1.82) is 0 Å². The zero-order chi connectivity index (χ0) is 13.7. The second kappa shape index (κ2) is 7.22. The molecule has 6 heteroatoms. The number of rotatable bonds is 6. The second-order valence-corrected chi connectivity index (χ2v) is 6.15. The van der Waals surface area contributed by atoms with Crippen molar-refractivity contribution in [1.82, 2.24) is 14.8 Å². The summed E-state index contributed by atoms with van der Waals surface area (Å²) in [6, 6.07) is 0. The Kier molecular flexibility index (Phi) is 5.60. The molecule has 0 atom stereocenters. The van der Waals surface area contributed by atoms with Crippen molar-refractivity contribution >= 4 is 28.8 Å². The fourth-order valence-electron chi connectivity index (χ4n) is 2.19. The Balaban J connectivity index is 1.71. The number of aromatic nitrogens is 1. The number of likely N-dealkylation sites (tertiary alicyclic amines) is 1. The standard InChI is InChI=1S/C13H20ClN3OS/c1-16(9-13(18)17-5-2-3-6-17)7-4-12-15-11(8-14)10-19-12/h10H,2-9H2,1H3. The molecule has 0 aliphatic carbocycles. The van der Waals surface area contributed by atoms with Gasteiger partial charge in [0.15, 0.2) is 0 Å². The number of hydrogen-bond acceptors (Lipinski definition) is 4. The van der Waals surface area contributed by atoms with Crippen molar-refractivity contribution in [2.75, 3.05) is 33.2 Å². The van der Waals surface area contributed by atoms with Crippen molar-refractivity contribution < 1.29 is 4.79 Å². The van der Waals surface area contributed by atoms with Crippen LogP contribution >= 0.6 is 22.9 Å². The number of carbonyl (C=O) groups is 1. The molecule has 1 fully saturated rings. The van der Waals surface area contributed by atoms with Gasteiger partial charge in [0.1, 0.15) is 0 Å². The average molecular weight is 302 g/mol. The Morgan fingerprint density at radius 3 is 2.89 bits per heavy atom. The third-order valence-corrected chi connectivity index (χ3v) is 4.54. The Morgan fingerprint density at radius 1 is 1.53 bits per heavy atom. The molecule has 1 aliphatic rings. The number of nitrogens with zero attached hydrogens (tertiary/aromatic N) is 3. The molecule has 0 radical (unpaired) electrons. The largest absolute Gasteiger partial charge is 0.342 e. The summed E-state index contributed by atoms with van der Waals surface area (Å²) >= 11 is 7.37. The highest BCUT2D eigenvalue weighted by atomic mass is 35.5. The molecule has 2 rings (SSSR count). The average Bonchev–Trinajstić information content (AvgIpc) is 3.07. The number of carbonyl (C=O) groups excluding carboxylic acids is 1. The molecule has 1 aliphatic heterocycles. The SMILES string of the molecule is CN(CCc1nc(CCl)cs1)CC(=O)N1CCCC1. The molecule has 19 heavy (non-hydrogen) atoms. The number of amides is 1. The highest BCUT2D eigenvalue weighted by Crippen LogP contribution is 2.12. The summed E-state index contributed by atoms with van der Waals surface area (Å²) in [5, 5.41) is 3.09. The van der Waals surface area contributed by atoms with Gasteiger partial charge in [0.2, 0.25) is 5.91 Å². The predicted molar refractivity (Wildman–Crippen MR) is 78.7 cm³/mol. The Bertz CT molecular complexity index is 418. The van der Waals surface area contributed by atoms with E-state index in [9.17, 15) is 4.79 Å². The van der Waals surface area contributed by atoms with Crippen molar-refractivity contribution in [3.05, 3.63) is 16.1 Å². The normalized spacial score (nSPS) is 15.4. The maximum atomic E-state index is 12.0. The Hall–Kier alpha value is -0.650. The third-order valence-electron chi connectivity index (χ3n) is 3.31. The molecule has 1 aromatic heterocycles. The molecule has 2 heterocycles. The first-order chi connectivity index (χ1) is 9.19. The molecule has 0 aromatic carbocycles. The maximum absolute atomic E-state index is 12.0. The number of hydrogen-bond donors (Lipinski definition) is 0. The van der Waals surface area contributed by atoms with Crippen LogP contribution in [0, 0.1) is 0 Å². The van der Waals surface area contributed by atoms with Crippen molar-refractivity contribution in [3.8, 4) is 0 Å². The molecule has 0 bridgehead atoms. The van der Waals surface area contributed by atoms with Gasteiger partial charge in [-0.25, -0.2) is 4.98 Å². The number of likely N-dealkylation sites (N-methyl/N-ethyl adjacent to an activating group) is 1. The van der Waals surface area contributed by atoms with E-state index in [-0.39, 0.29) is 5.91 Å². The molecule has 0 N–H and O–H groups in total. The quantitative estimate of drug-likeness (QED) is 0.754. The summed E-state index contributed by atoms with van der Waals surface area (Å²) in [6.07, 6.45) is 3.18. The lowest BCUT2D eigenvalue weighted by Crippen LogP contribution is -2.37. The monoisotopic (exact) mass is 301 g/mol. The smallest absolute Gasteiger partial charge is 0.236 e. The van der Waals surface area contributed by atoms with Crippen LogP contribution in [0.4, 0.5) is 0 Å². The minimum Gasteiger partial charge on any atom is -0.342 e. The van der Waals surface area contributed by atoms with Crippen LogP contribution < -0.4 is 0 Å². The number of thiazole rings is 1. The molecular formula is C13H20ClN3OS. The van der Waals surface area contributed by atoms with Crippen LogP contribution in [-0.4, -0.2) is 53.9 Å². The van der Waals surface area contributed by atoms with Gasteiger partial charge in [0.05, 0.1) is 23.1 Å². The van der Waals surface area contributed by atoms with Crippen LogP contribution in [0.2, 0.25) is 0 Å². The first-order valence-corrected chi connectivity index (χ1v) is 8.06. The van der Waals surface area contributed by atoms with E-state index in [0.29, 0.717) is 12.4 Å². The summed E-state index contributed by atoms with van der Waals surface area (Å²) in [6.45, 7) is 3.22. The van der Waals surface area contributed by atoms with E-state index >= 15 is 0 Å². The van der Waals surface area contributed by atoms with E-state index in [0.717, 1.165) is 49.6 Å². The molecular weight excluding hydrogens is 282 g/mol. The van der Waals surface area contributed by atoms with Gasteiger partial charge in [-0.1, -0.05) is 0 Å². The summed E-state index contributed by atoms with van der Waals surface area (Å²) in [5.41, 5.74) is 0.942. The molecule has 106 valence electrons. The first-order valence-electron chi connectivity index (χ1n) is 6.64. The molecule has 1 saturated heterocycles. The van der Waals surface area contributed by atoms with E-state index < -0.39 is 0 Å². The lowest BCUT2D eigenvalue weighted by Gasteiger charge is -2.20. The minimum atomic E-state index is 0.251. The molecule has 4 nitrogen and oxygen atoms in total. The lowest BCUT2D eigenvalue weighted by molar-refractivity contribution is -0.131. The number of alkyl halides is 1. The Labute approximate surface area is 123 Å². The predicted octanol–water partition coefficient (Wildman–Crippen LogP) is 1.98. The van der Waals surface area contributed by atoms with Gasteiger partial charge in [0, 0.05) is 31.4 Å². The van der Waals surface area contributed by atoms with Crippen molar-refractivity contribution in [2.24, 2.45) is 0 Å². The van der Waals surface area contributed by atoms with Crippen LogP contribution in [0.1, 0.15) is 23.5 Å². The van der Waals surface area contributed by atoms with E-state index in [4.69, 9.17) is 11.6 Å². The van der Waals surface area contributed by atoms with Crippen LogP contribution in [0.25, 0.3) is 0 Å². The first kappa shape index (κ1) is 14.8. The summed E-state index contributed by atoms with van der Waals surface area (Å²) < 4.78 is 0. The maximum Gasteiger partial charge on any atom is 0.236 e. The summed E-state index contributed by atoms with van der Waals surface area (Å²) in [7, 11) is 1.99.